The summed E-state index contributed by atoms with van der Waals surface area (Å²) in [6.07, 6.45) is 3.01. The van der Waals surface area contributed by atoms with E-state index in [1.54, 1.807) is 4.90 Å². The molecule has 2 aliphatic carbocycles. The average Bonchev–Trinajstić information content (AvgIpc) is 3.50. The highest BCUT2D eigenvalue weighted by atomic mass is 19.4. The minimum Gasteiger partial charge on any atom is -0.481 e. The molecule has 1 amide bonds. The van der Waals surface area contributed by atoms with E-state index in [1.165, 1.54) is 6.42 Å². The molecule has 2 unspecified atom stereocenters. The second-order valence-electron chi connectivity index (χ2n) is 10.2. The molecule has 3 fully saturated rings. The summed E-state index contributed by atoms with van der Waals surface area (Å²) in [7, 11) is 0. The zero-order chi connectivity index (χ0) is 23.4. The van der Waals surface area contributed by atoms with Gasteiger partial charge in [0.15, 0.2) is 0 Å². The Bertz CT molecular complexity index is 947. The van der Waals surface area contributed by atoms with E-state index in [0.29, 0.717) is 43.5 Å². The highest BCUT2D eigenvalue weighted by molar-refractivity contribution is 5.86. The molecule has 0 bridgehead atoms. The first kappa shape index (κ1) is 22.6. The van der Waals surface area contributed by atoms with Crippen LogP contribution in [0.15, 0.2) is 12.3 Å². The average molecular weight is 466 g/mol. The molecular weight excluding hydrogens is 435 g/mol. The van der Waals surface area contributed by atoms with Crippen LogP contribution in [0, 0.1) is 17.3 Å². The van der Waals surface area contributed by atoms with Crippen molar-refractivity contribution in [1.82, 2.24) is 14.8 Å². The number of carboxylic acid groups (broad SMARTS) is 1. The lowest BCUT2D eigenvalue weighted by Crippen LogP contribution is -2.48. The van der Waals surface area contributed by atoms with Gasteiger partial charge in [0, 0.05) is 37.4 Å². The lowest BCUT2D eigenvalue weighted by Gasteiger charge is -2.39. The molecule has 2 aliphatic heterocycles. The first-order valence-corrected chi connectivity index (χ1v) is 12.0. The van der Waals surface area contributed by atoms with Crippen LogP contribution in [0.25, 0.3) is 0 Å². The van der Waals surface area contributed by atoms with Gasteiger partial charge in [-0.15, -0.1) is 0 Å². The quantitative estimate of drug-likeness (QED) is 0.734. The van der Waals surface area contributed by atoms with Crippen molar-refractivity contribution < 1.29 is 27.9 Å². The molecule has 1 aromatic rings. The number of piperidine rings is 1. The molecule has 1 aromatic heterocycles. The molecule has 4 atom stereocenters. The van der Waals surface area contributed by atoms with Crippen molar-refractivity contribution in [3.63, 3.8) is 0 Å². The normalized spacial score (nSPS) is 32.5. The number of aliphatic carboxylic acids is 1. The molecule has 180 valence electrons. The number of aromatic nitrogens is 1. The van der Waals surface area contributed by atoms with Crippen molar-refractivity contribution in [1.29, 1.82) is 0 Å². The highest BCUT2D eigenvalue weighted by Gasteiger charge is 2.63. The van der Waals surface area contributed by atoms with Crippen LogP contribution in [0.1, 0.15) is 61.8 Å². The third-order valence-corrected chi connectivity index (χ3v) is 8.33. The third-order valence-electron chi connectivity index (χ3n) is 8.33. The number of rotatable bonds is 4. The Morgan fingerprint density at radius 3 is 2.58 bits per heavy atom. The van der Waals surface area contributed by atoms with Crippen LogP contribution >= 0.6 is 0 Å². The van der Waals surface area contributed by atoms with Gasteiger partial charge < -0.3 is 14.9 Å². The maximum atomic E-state index is 14.0. The zero-order valence-electron chi connectivity index (χ0n) is 18.6. The number of alkyl halides is 3. The lowest BCUT2D eigenvalue weighted by molar-refractivity contribution is -0.146. The molecule has 3 heterocycles. The summed E-state index contributed by atoms with van der Waals surface area (Å²) in [6, 6.07) is 1.39. The van der Waals surface area contributed by atoms with Crippen molar-refractivity contribution in [2.24, 2.45) is 17.3 Å². The van der Waals surface area contributed by atoms with Crippen LogP contribution in [-0.4, -0.2) is 57.4 Å². The van der Waals surface area contributed by atoms with Gasteiger partial charge in [0.2, 0.25) is 5.91 Å². The summed E-state index contributed by atoms with van der Waals surface area (Å²) < 4.78 is 39.6. The van der Waals surface area contributed by atoms with E-state index in [-0.39, 0.29) is 24.4 Å². The summed E-state index contributed by atoms with van der Waals surface area (Å²) in [5, 5.41) is 9.59. The molecule has 0 radical (unpaired) electrons. The van der Waals surface area contributed by atoms with E-state index in [0.717, 1.165) is 44.6 Å². The van der Waals surface area contributed by atoms with Gasteiger partial charge in [0.25, 0.3) is 0 Å². The number of likely N-dealkylation sites (tertiary alicyclic amines) is 1. The number of hydrogen-bond acceptors (Lipinski definition) is 4. The SMILES string of the molecule is O=C(O)C1CC1[C@]1(C(=O)N2CCc3ncc(C(F)(F)F)cc3C2)CC[C@@H](N2CCCCC2)C1. The van der Waals surface area contributed by atoms with Crippen molar-refractivity contribution in [3.8, 4) is 0 Å². The third kappa shape index (κ3) is 4.13. The predicted octanol–water partition coefficient (Wildman–Crippen LogP) is 3.73. The number of carbonyl (C=O) groups excluding carboxylic acids is 1. The second-order valence-corrected chi connectivity index (χ2v) is 10.2. The van der Waals surface area contributed by atoms with E-state index in [4.69, 9.17) is 0 Å². The molecular formula is C24H30F3N3O3. The summed E-state index contributed by atoms with van der Waals surface area (Å²) in [6.45, 7) is 2.55. The van der Waals surface area contributed by atoms with E-state index in [1.807, 2.05) is 0 Å². The Hall–Kier alpha value is -2.16. The van der Waals surface area contributed by atoms with Gasteiger partial charge in [0.05, 0.1) is 16.9 Å². The van der Waals surface area contributed by atoms with Crippen LogP contribution in [0.3, 0.4) is 0 Å². The highest BCUT2D eigenvalue weighted by Crippen LogP contribution is 2.60. The number of fused-ring (bicyclic) bond motifs is 1. The smallest absolute Gasteiger partial charge is 0.417 e. The fourth-order valence-electron chi connectivity index (χ4n) is 6.48. The van der Waals surface area contributed by atoms with Crippen LogP contribution in [0.4, 0.5) is 13.2 Å². The fraction of sp³-hybridized carbons (Fsp3) is 0.708. The Kier molecular flexibility index (Phi) is 5.66. The molecule has 9 heteroatoms. The topological polar surface area (TPSA) is 73.7 Å². The maximum absolute atomic E-state index is 14.0. The Balaban J connectivity index is 1.39. The predicted molar refractivity (Wildman–Crippen MR) is 113 cm³/mol. The Labute approximate surface area is 191 Å². The van der Waals surface area contributed by atoms with Crippen LogP contribution in [-0.2, 0) is 28.7 Å². The number of amides is 1. The lowest BCUT2D eigenvalue weighted by atomic mass is 9.77. The van der Waals surface area contributed by atoms with Crippen molar-refractivity contribution in [2.45, 2.75) is 70.1 Å². The number of carboxylic acids is 1. The molecule has 1 N–H and O–H groups in total. The maximum Gasteiger partial charge on any atom is 0.417 e. The van der Waals surface area contributed by atoms with E-state index in [9.17, 15) is 27.9 Å². The minimum absolute atomic E-state index is 0.0705. The standard InChI is InChI=1S/C24H30F3N3O3/c25-24(26,27)16-10-15-14-30(9-5-20(15)28-13-16)22(33)23(19-11-18(19)21(31)32)6-4-17(12-23)29-7-2-1-3-8-29/h10,13,17-19H,1-9,11-12,14H2,(H,31,32)/t17-,18?,19?,23+/m1/s1. The fourth-order valence-corrected chi connectivity index (χ4v) is 6.48. The van der Waals surface area contributed by atoms with E-state index >= 15 is 0 Å². The Morgan fingerprint density at radius 1 is 1.15 bits per heavy atom. The van der Waals surface area contributed by atoms with E-state index in [2.05, 4.69) is 9.88 Å². The van der Waals surface area contributed by atoms with Crippen molar-refractivity contribution >= 4 is 11.9 Å². The summed E-state index contributed by atoms with van der Waals surface area (Å²) in [5.74, 6) is -1.60. The van der Waals surface area contributed by atoms with Gasteiger partial charge in [-0.05, 0) is 69.2 Å². The van der Waals surface area contributed by atoms with Crippen LogP contribution in [0.2, 0.25) is 0 Å². The number of carbonyl (C=O) groups is 2. The Morgan fingerprint density at radius 2 is 1.91 bits per heavy atom. The summed E-state index contributed by atoms with van der Waals surface area (Å²) in [5.41, 5.74) is -0.480. The molecule has 0 spiro atoms. The van der Waals surface area contributed by atoms with Crippen LogP contribution in [0.5, 0.6) is 0 Å². The molecule has 6 nitrogen and oxygen atoms in total. The molecule has 5 rings (SSSR count). The van der Waals surface area contributed by atoms with Gasteiger partial charge in [-0.1, -0.05) is 6.42 Å². The number of halogens is 3. The van der Waals surface area contributed by atoms with Gasteiger partial charge >= 0.3 is 12.1 Å². The van der Waals surface area contributed by atoms with E-state index < -0.39 is 29.0 Å². The summed E-state index contributed by atoms with van der Waals surface area (Å²) in [4.78, 5) is 33.8. The van der Waals surface area contributed by atoms with Gasteiger partial charge in [-0.3, -0.25) is 14.6 Å². The molecule has 33 heavy (non-hydrogen) atoms. The molecule has 0 aromatic carbocycles. The second kappa shape index (κ2) is 8.25. The van der Waals surface area contributed by atoms with Crippen LogP contribution < -0.4 is 0 Å². The minimum atomic E-state index is -4.48. The largest absolute Gasteiger partial charge is 0.481 e. The summed E-state index contributed by atoms with van der Waals surface area (Å²) >= 11 is 0. The number of pyridine rings is 1. The van der Waals surface area contributed by atoms with Gasteiger partial charge in [-0.25, -0.2) is 0 Å². The zero-order valence-corrected chi connectivity index (χ0v) is 18.6. The first-order chi connectivity index (χ1) is 15.7. The van der Waals surface area contributed by atoms with Gasteiger partial charge in [0.1, 0.15) is 0 Å². The molecule has 4 aliphatic rings. The number of hydrogen-bond donors (Lipinski definition) is 1. The van der Waals surface area contributed by atoms with Crippen molar-refractivity contribution in [2.75, 3.05) is 19.6 Å². The number of nitrogens with zero attached hydrogens (tertiary/aromatic N) is 3. The van der Waals surface area contributed by atoms with Gasteiger partial charge in [-0.2, -0.15) is 13.2 Å². The monoisotopic (exact) mass is 465 g/mol. The first-order valence-electron chi connectivity index (χ1n) is 12.0. The molecule has 1 saturated heterocycles. The molecule has 2 saturated carbocycles. The van der Waals surface area contributed by atoms with Crippen molar-refractivity contribution in [3.05, 3.63) is 29.1 Å².